The molecule has 2 amide bonds. The zero-order valence-electron chi connectivity index (χ0n) is 15.2. The van der Waals surface area contributed by atoms with E-state index in [2.05, 4.69) is 5.32 Å². The summed E-state index contributed by atoms with van der Waals surface area (Å²) in [6.45, 7) is 0.921. The molecule has 8 heteroatoms. The van der Waals surface area contributed by atoms with E-state index in [0.717, 1.165) is 23.3 Å². The highest BCUT2D eigenvalue weighted by Crippen LogP contribution is 2.37. The highest BCUT2D eigenvalue weighted by molar-refractivity contribution is 5.78. The Labute approximate surface area is 156 Å². The number of nitrogens with one attached hydrogen (secondary N) is 1. The van der Waals surface area contributed by atoms with Crippen molar-refractivity contribution in [3.63, 3.8) is 0 Å². The Morgan fingerprint density at radius 3 is 2.41 bits per heavy atom. The molecule has 1 aliphatic rings. The molecule has 0 aromatic heterocycles. The van der Waals surface area contributed by atoms with Gasteiger partial charge in [0.1, 0.15) is 0 Å². The molecule has 5 nitrogen and oxygen atoms in total. The van der Waals surface area contributed by atoms with E-state index in [9.17, 15) is 22.8 Å². The van der Waals surface area contributed by atoms with E-state index in [1.54, 1.807) is 0 Å². The van der Waals surface area contributed by atoms with Crippen LogP contribution < -0.4 is 5.32 Å². The summed E-state index contributed by atoms with van der Waals surface area (Å²) in [4.78, 5) is 24.6. The van der Waals surface area contributed by atoms with Crippen LogP contribution in [0.4, 0.5) is 18.0 Å². The van der Waals surface area contributed by atoms with E-state index in [0.29, 0.717) is 12.8 Å². The van der Waals surface area contributed by atoms with Crippen LogP contribution in [-0.2, 0) is 11.2 Å². The molecule has 1 unspecified atom stereocenters. The molecule has 0 aliphatic carbocycles. The Kier molecular flexibility index (Phi) is 7.10. The molecule has 3 atom stereocenters. The summed E-state index contributed by atoms with van der Waals surface area (Å²) in [5.41, 5.74) is 1.12. The predicted molar refractivity (Wildman–Crippen MR) is 94.2 cm³/mol. The standard InChI is InChI=1S/C19H25F3N2O3/c1-2-6-14(10-9-13-7-4-3-5-8-13)23-18(27)24-11-15(17(25)26)16(12-24)19(20,21)22/h3-5,7-8,14-16H,2,6,9-12H2,1H3,(H,23,27)(H,25,26)/t14?,15-,16-/m1/s1. The molecule has 1 aromatic rings. The van der Waals surface area contributed by atoms with Gasteiger partial charge in [0, 0.05) is 19.1 Å². The molecule has 1 saturated heterocycles. The molecular formula is C19H25F3N2O3. The molecule has 2 N–H and O–H groups in total. The van der Waals surface area contributed by atoms with Gasteiger partial charge in [-0.3, -0.25) is 4.79 Å². The van der Waals surface area contributed by atoms with Gasteiger partial charge in [0.05, 0.1) is 11.8 Å². The third-order valence-electron chi connectivity index (χ3n) is 4.93. The summed E-state index contributed by atoms with van der Waals surface area (Å²) in [7, 11) is 0. The number of alkyl halides is 3. The number of aliphatic carboxylic acids is 1. The second kappa shape index (κ2) is 9.10. The molecular weight excluding hydrogens is 361 g/mol. The minimum atomic E-state index is -4.64. The first kappa shape index (κ1) is 21.1. The van der Waals surface area contributed by atoms with E-state index in [-0.39, 0.29) is 6.04 Å². The van der Waals surface area contributed by atoms with E-state index in [1.807, 2.05) is 37.3 Å². The maximum Gasteiger partial charge on any atom is 0.394 e. The van der Waals surface area contributed by atoms with Crippen molar-refractivity contribution in [1.82, 2.24) is 10.2 Å². The third kappa shape index (κ3) is 5.87. The lowest BCUT2D eigenvalue weighted by molar-refractivity contribution is -0.187. The summed E-state index contributed by atoms with van der Waals surface area (Å²) in [6, 6.07) is 8.94. The van der Waals surface area contributed by atoms with Crippen molar-refractivity contribution in [3.05, 3.63) is 35.9 Å². The zero-order chi connectivity index (χ0) is 20.0. The van der Waals surface area contributed by atoms with Crippen LogP contribution in [0.2, 0.25) is 0 Å². The molecule has 0 radical (unpaired) electrons. The van der Waals surface area contributed by atoms with Crippen LogP contribution in [0.3, 0.4) is 0 Å². The Balaban J connectivity index is 1.97. The fourth-order valence-corrected chi connectivity index (χ4v) is 3.44. The van der Waals surface area contributed by atoms with Crippen LogP contribution in [-0.4, -0.2) is 47.3 Å². The van der Waals surface area contributed by atoms with Gasteiger partial charge in [-0.25, -0.2) is 4.79 Å². The van der Waals surface area contributed by atoms with Gasteiger partial charge >= 0.3 is 18.2 Å². The van der Waals surface area contributed by atoms with Gasteiger partial charge in [0.2, 0.25) is 0 Å². The van der Waals surface area contributed by atoms with Crippen molar-refractivity contribution in [2.75, 3.05) is 13.1 Å². The summed E-state index contributed by atoms with van der Waals surface area (Å²) in [5.74, 6) is -5.18. The maximum absolute atomic E-state index is 13.1. The quantitative estimate of drug-likeness (QED) is 0.751. The summed E-state index contributed by atoms with van der Waals surface area (Å²) in [5, 5.41) is 11.9. The number of hydrogen-bond donors (Lipinski definition) is 2. The van der Waals surface area contributed by atoms with Crippen molar-refractivity contribution in [2.24, 2.45) is 11.8 Å². The van der Waals surface area contributed by atoms with Crippen molar-refractivity contribution >= 4 is 12.0 Å². The molecule has 0 saturated carbocycles. The zero-order valence-corrected chi connectivity index (χ0v) is 15.2. The van der Waals surface area contributed by atoms with Gasteiger partial charge in [-0.1, -0.05) is 43.7 Å². The maximum atomic E-state index is 13.1. The second-order valence-corrected chi connectivity index (χ2v) is 6.96. The topological polar surface area (TPSA) is 69.6 Å². The van der Waals surface area contributed by atoms with Crippen molar-refractivity contribution < 1.29 is 27.9 Å². The lowest BCUT2D eigenvalue weighted by Crippen LogP contribution is -2.44. The number of urea groups is 1. The Morgan fingerprint density at radius 2 is 1.89 bits per heavy atom. The molecule has 1 aromatic carbocycles. The van der Waals surface area contributed by atoms with Crippen LogP contribution in [0.5, 0.6) is 0 Å². The SMILES string of the molecule is CCCC(CCc1ccccc1)NC(=O)N1C[C@@H](C(F)(F)F)[C@H](C(=O)O)C1. The highest BCUT2D eigenvalue weighted by Gasteiger charge is 2.53. The number of likely N-dealkylation sites (tertiary alicyclic amines) is 1. The molecule has 150 valence electrons. The Hall–Kier alpha value is -2.25. The van der Waals surface area contributed by atoms with Crippen molar-refractivity contribution in [2.45, 2.75) is 44.8 Å². The number of amides is 2. The van der Waals surface area contributed by atoms with Crippen LogP contribution in [0, 0.1) is 11.8 Å². The van der Waals surface area contributed by atoms with E-state index in [4.69, 9.17) is 5.11 Å². The lowest BCUT2D eigenvalue weighted by atomic mass is 9.96. The van der Waals surface area contributed by atoms with E-state index in [1.165, 1.54) is 0 Å². The number of carbonyl (C=O) groups excluding carboxylic acids is 1. The highest BCUT2D eigenvalue weighted by atomic mass is 19.4. The van der Waals surface area contributed by atoms with Crippen LogP contribution in [0.25, 0.3) is 0 Å². The van der Waals surface area contributed by atoms with Gasteiger partial charge in [-0.2, -0.15) is 13.2 Å². The van der Waals surface area contributed by atoms with Gasteiger partial charge < -0.3 is 15.3 Å². The normalized spacial score (nSPS) is 21.1. The third-order valence-corrected chi connectivity index (χ3v) is 4.93. The van der Waals surface area contributed by atoms with E-state index < -0.39 is 43.1 Å². The lowest BCUT2D eigenvalue weighted by Gasteiger charge is -2.23. The predicted octanol–water partition coefficient (Wildman–Crippen LogP) is 3.69. The second-order valence-electron chi connectivity index (χ2n) is 6.96. The number of halogens is 3. The molecule has 1 aliphatic heterocycles. The minimum Gasteiger partial charge on any atom is -0.481 e. The number of aryl methyl sites for hydroxylation is 1. The average molecular weight is 386 g/mol. The largest absolute Gasteiger partial charge is 0.481 e. The molecule has 0 spiro atoms. The molecule has 1 fully saturated rings. The smallest absolute Gasteiger partial charge is 0.394 e. The summed E-state index contributed by atoms with van der Waals surface area (Å²) < 4.78 is 39.2. The Bertz CT molecular complexity index is 637. The fraction of sp³-hybridized carbons (Fsp3) is 0.579. The number of carboxylic acid groups (broad SMARTS) is 1. The Morgan fingerprint density at radius 1 is 1.22 bits per heavy atom. The first-order valence-electron chi connectivity index (χ1n) is 9.11. The van der Waals surface area contributed by atoms with Crippen LogP contribution >= 0.6 is 0 Å². The van der Waals surface area contributed by atoms with Gasteiger partial charge in [0.25, 0.3) is 0 Å². The van der Waals surface area contributed by atoms with Crippen LogP contribution in [0.15, 0.2) is 30.3 Å². The number of carboxylic acids is 1. The first-order chi connectivity index (χ1) is 12.7. The number of hydrogen-bond acceptors (Lipinski definition) is 2. The minimum absolute atomic E-state index is 0.170. The molecule has 0 bridgehead atoms. The molecule has 27 heavy (non-hydrogen) atoms. The van der Waals surface area contributed by atoms with E-state index >= 15 is 0 Å². The number of carbonyl (C=O) groups is 2. The molecule has 1 heterocycles. The average Bonchev–Trinajstić information content (AvgIpc) is 3.07. The number of rotatable bonds is 7. The van der Waals surface area contributed by atoms with Gasteiger partial charge in [0.15, 0.2) is 0 Å². The van der Waals surface area contributed by atoms with Crippen LogP contribution in [0.1, 0.15) is 31.7 Å². The fourth-order valence-electron chi connectivity index (χ4n) is 3.44. The first-order valence-corrected chi connectivity index (χ1v) is 9.11. The summed E-state index contributed by atoms with van der Waals surface area (Å²) >= 11 is 0. The summed E-state index contributed by atoms with van der Waals surface area (Å²) in [6.07, 6.45) is -1.70. The molecule has 2 rings (SSSR count). The number of nitrogens with zero attached hydrogens (tertiary/aromatic N) is 1. The number of benzene rings is 1. The van der Waals surface area contributed by atoms with Gasteiger partial charge in [-0.05, 0) is 24.8 Å². The van der Waals surface area contributed by atoms with Gasteiger partial charge in [-0.15, -0.1) is 0 Å². The monoisotopic (exact) mass is 386 g/mol. The van der Waals surface area contributed by atoms with Crippen molar-refractivity contribution in [3.8, 4) is 0 Å². The van der Waals surface area contributed by atoms with Crippen molar-refractivity contribution in [1.29, 1.82) is 0 Å².